The molecule has 19 heavy (non-hydrogen) atoms. The van der Waals surface area contributed by atoms with Crippen molar-refractivity contribution in [2.45, 2.75) is 25.5 Å². The summed E-state index contributed by atoms with van der Waals surface area (Å²) in [6.45, 7) is 7.10. The maximum absolute atomic E-state index is 6.04. The largest absolute Gasteiger partial charge is 0.486 e. The van der Waals surface area contributed by atoms with Crippen molar-refractivity contribution in [3.05, 3.63) is 24.3 Å². The van der Waals surface area contributed by atoms with Crippen LogP contribution >= 0.6 is 0 Å². The highest BCUT2D eigenvalue weighted by Crippen LogP contribution is 2.31. The maximum Gasteiger partial charge on any atom is 0.161 e. The van der Waals surface area contributed by atoms with Crippen LogP contribution in [0.3, 0.4) is 0 Å². The standard InChI is InChI=1S/C15H22N2O2/c1-2-17(12-7-8-16-9-12)10-13-11-18-14-5-3-4-6-15(14)19-13/h3-6,12-13,16H,2,7-11H2,1H3. The molecule has 0 bridgehead atoms. The van der Waals surface area contributed by atoms with Gasteiger partial charge in [0.1, 0.15) is 12.7 Å². The van der Waals surface area contributed by atoms with Gasteiger partial charge in [0.15, 0.2) is 11.5 Å². The maximum atomic E-state index is 6.04. The lowest BCUT2D eigenvalue weighted by Gasteiger charge is -2.33. The predicted molar refractivity (Wildman–Crippen MR) is 74.9 cm³/mol. The summed E-state index contributed by atoms with van der Waals surface area (Å²) in [5, 5.41) is 3.43. The van der Waals surface area contributed by atoms with Gasteiger partial charge < -0.3 is 14.8 Å². The van der Waals surface area contributed by atoms with Crippen molar-refractivity contribution in [1.29, 1.82) is 0 Å². The second-order valence-electron chi connectivity index (χ2n) is 5.23. The van der Waals surface area contributed by atoms with E-state index in [-0.39, 0.29) is 6.10 Å². The third kappa shape index (κ3) is 2.85. The first-order valence-corrected chi connectivity index (χ1v) is 7.20. The Morgan fingerprint density at radius 3 is 2.89 bits per heavy atom. The smallest absolute Gasteiger partial charge is 0.161 e. The minimum absolute atomic E-state index is 0.135. The highest BCUT2D eigenvalue weighted by molar-refractivity contribution is 5.40. The number of ether oxygens (including phenoxy) is 2. The van der Waals surface area contributed by atoms with E-state index in [1.165, 1.54) is 6.42 Å². The van der Waals surface area contributed by atoms with Gasteiger partial charge in [0.2, 0.25) is 0 Å². The molecule has 1 N–H and O–H groups in total. The summed E-state index contributed by atoms with van der Waals surface area (Å²) in [6.07, 6.45) is 1.37. The molecule has 2 heterocycles. The highest BCUT2D eigenvalue weighted by atomic mass is 16.6. The van der Waals surface area contributed by atoms with Gasteiger partial charge in [-0.2, -0.15) is 0 Å². The van der Waals surface area contributed by atoms with Crippen molar-refractivity contribution in [3.63, 3.8) is 0 Å². The van der Waals surface area contributed by atoms with E-state index in [0.29, 0.717) is 12.6 Å². The molecule has 4 nitrogen and oxygen atoms in total. The van der Waals surface area contributed by atoms with E-state index >= 15 is 0 Å². The number of para-hydroxylation sites is 2. The molecule has 2 aliphatic rings. The second kappa shape index (κ2) is 5.80. The zero-order valence-electron chi connectivity index (χ0n) is 11.5. The van der Waals surface area contributed by atoms with Crippen LogP contribution in [-0.2, 0) is 0 Å². The topological polar surface area (TPSA) is 33.7 Å². The molecule has 104 valence electrons. The van der Waals surface area contributed by atoms with Gasteiger partial charge in [0, 0.05) is 19.1 Å². The molecule has 1 saturated heterocycles. The quantitative estimate of drug-likeness (QED) is 0.892. The molecular formula is C15H22N2O2. The van der Waals surface area contributed by atoms with E-state index in [9.17, 15) is 0 Å². The molecule has 3 rings (SSSR count). The fraction of sp³-hybridized carbons (Fsp3) is 0.600. The van der Waals surface area contributed by atoms with Crippen molar-refractivity contribution in [2.24, 2.45) is 0 Å². The van der Waals surface area contributed by atoms with Crippen LogP contribution < -0.4 is 14.8 Å². The first-order chi connectivity index (χ1) is 9.36. The molecule has 0 aliphatic carbocycles. The summed E-state index contributed by atoms with van der Waals surface area (Å²) >= 11 is 0. The zero-order chi connectivity index (χ0) is 13.1. The van der Waals surface area contributed by atoms with Gasteiger partial charge in [-0.25, -0.2) is 0 Å². The van der Waals surface area contributed by atoms with Crippen LogP contribution in [0.15, 0.2) is 24.3 Å². The van der Waals surface area contributed by atoms with Gasteiger partial charge in [-0.15, -0.1) is 0 Å². The summed E-state index contributed by atoms with van der Waals surface area (Å²) in [6, 6.07) is 8.55. The van der Waals surface area contributed by atoms with Crippen LogP contribution in [0.4, 0.5) is 0 Å². The number of rotatable bonds is 4. The molecule has 0 saturated carbocycles. The van der Waals surface area contributed by atoms with Gasteiger partial charge in [-0.1, -0.05) is 19.1 Å². The third-order valence-corrected chi connectivity index (χ3v) is 3.96. The minimum atomic E-state index is 0.135. The molecule has 4 heteroatoms. The van der Waals surface area contributed by atoms with Crippen molar-refractivity contribution in [1.82, 2.24) is 10.2 Å². The average Bonchev–Trinajstić information content (AvgIpc) is 2.98. The van der Waals surface area contributed by atoms with Crippen molar-refractivity contribution in [2.75, 3.05) is 32.8 Å². The van der Waals surface area contributed by atoms with E-state index in [0.717, 1.165) is 37.7 Å². The third-order valence-electron chi connectivity index (χ3n) is 3.96. The van der Waals surface area contributed by atoms with Crippen LogP contribution in [0.2, 0.25) is 0 Å². The normalized spacial score (nSPS) is 25.8. The monoisotopic (exact) mass is 262 g/mol. The Balaban J connectivity index is 1.61. The summed E-state index contributed by atoms with van der Waals surface area (Å²) < 4.78 is 11.8. The summed E-state index contributed by atoms with van der Waals surface area (Å²) in [5.74, 6) is 1.74. The molecule has 0 radical (unpaired) electrons. The lowest BCUT2D eigenvalue weighted by atomic mass is 10.2. The van der Waals surface area contributed by atoms with Gasteiger partial charge >= 0.3 is 0 Å². The molecular weight excluding hydrogens is 240 g/mol. The van der Waals surface area contributed by atoms with Crippen molar-refractivity contribution >= 4 is 0 Å². The lowest BCUT2D eigenvalue weighted by Crippen LogP contribution is -2.46. The van der Waals surface area contributed by atoms with Crippen LogP contribution in [0, 0.1) is 0 Å². The van der Waals surface area contributed by atoms with Gasteiger partial charge in [0.05, 0.1) is 0 Å². The van der Waals surface area contributed by atoms with Crippen LogP contribution in [0.25, 0.3) is 0 Å². The average molecular weight is 262 g/mol. The molecule has 1 aromatic rings. The summed E-state index contributed by atoms with van der Waals surface area (Å²) in [5.41, 5.74) is 0. The number of hydrogen-bond acceptors (Lipinski definition) is 4. The van der Waals surface area contributed by atoms with Gasteiger partial charge in [0.25, 0.3) is 0 Å². The van der Waals surface area contributed by atoms with E-state index in [4.69, 9.17) is 9.47 Å². The summed E-state index contributed by atoms with van der Waals surface area (Å²) in [4.78, 5) is 2.50. The van der Waals surface area contributed by atoms with Crippen LogP contribution in [-0.4, -0.2) is 49.8 Å². The molecule has 1 aromatic carbocycles. The molecule has 2 unspecified atom stereocenters. The predicted octanol–water partition coefficient (Wildman–Crippen LogP) is 1.51. The SMILES string of the molecule is CCN(CC1COc2ccccc2O1)C1CCNC1. The Morgan fingerprint density at radius 2 is 2.16 bits per heavy atom. The lowest BCUT2D eigenvalue weighted by molar-refractivity contribution is 0.0494. The number of nitrogens with one attached hydrogen (secondary N) is 1. The van der Waals surface area contributed by atoms with Crippen LogP contribution in [0.5, 0.6) is 11.5 Å². The number of likely N-dealkylation sites (N-methyl/N-ethyl adjacent to an activating group) is 1. The number of nitrogens with zero attached hydrogens (tertiary/aromatic N) is 1. The van der Waals surface area contributed by atoms with E-state index in [1.54, 1.807) is 0 Å². The Bertz CT molecular complexity index is 418. The number of fused-ring (bicyclic) bond motifs is 1. The van der Waals surface area contributed by atoms with Crippen molar-refractivity contribution < 1.29 is 9.47 Å². The highest BCUT2D eigenvalue weighted by Gasteiger charge is 2.27. The molecule has 0 aromatic heterocycles. The first-order valence-electron chi connectivity index (χ1n) is 7.20. The van der Waals surface area contributed by atoms with Crippen LogP contribution in [0.1, 0.15) is 13.3 Å². The Morgan fingerprint density at radius 1 is 1.32 bits per heavy atom. The fourth-order valence-electron chi connectivity index (χ4n) is 2.90. The Labute approximate surface area is 114 Å². The first kappa shape index (κ1) is 12.8. The number of benzene rings is 1. The Kier molecular flexibility index (Phi) is 3.89. The molecule has 1 fully saturated rings. The minimum Gasteiger partial charge on any atom is -0.486 e. The molecule has 0 spiro atoms. The fourth-order valence-corrected chi connectivity index (χ4v) is 2.90. The van der Waals surface area contributed by atoms with Crippen molar-refractivity contribution in [3.8, 4) is 11.5 Å². The second-order valence-corrected chi connectivity index (χ2v) is 5.23. The van der Waals surface area contributed by atoms with E-state index in [2.05, 4.69) is 17.1 Å². The molecule has 0 amide bonds. The Hall–Kier alpha value is -1.26. The summed E-state index contributed by atoms with van der Waals surface area (Å²) in [7, 11) is 0. The van der Waals surface area contributed by atoms with Gasteiger partial charge in [-0.3, -0.25) is 4.90 Å². The van der Waals surface area contributed by atoms with E-state index in [1.807, 2.05) is 24.3 Å². The molecule has 2 aliphatic heterocycles. The zero-order valence-corrected chi connectivity index (χ0v) is 11.5. The molecule has 2 atom stereocenters. The number of hydrogen-bond donors (Lipinski definition) is 1. The van der Waals surface area contributed by atoms with E-state index < -0.39 is 0 Å². The van der Waals surface area contributed by atoms with Gasteiger partial charge in [-0.05, 0) is 31.6 Å².